The van der Waals surface area contributed by atoms with Crippen LogP contribution in [0.2, 0.25) is 0 Å². The lowest BCUT2D eigenvalue weighted by Gasteiger charge is -2.32. The number of hydrogen-bond acceptors (Lipinski definition) is 1. The Morgan fingerprint density at radius 1 is 0.340 bits per heavy atom. The number of anilines is 3. The van der Waals surface area contributed by atoms with E-state index in [1.54, 1.807) is 0 Å². The van der Waals surface area contributed by atoms with Crippen LogP contribution in [0, 0.1) is 0 Å². The third-order valence-corrected chi connectivity index (χ3v) is 11.8. The molecule has 1 spiro atoms. The Morgan fingerprint density at radius 3 is 1.28 bits per heavy atom. The molecule has 0 bridgehead atoms. The lowest BCUT2D eigenvalue weighted by Crippen LogP contribution is -2.26. The minimum atomic E-state index is -0.401. The predicted octanol–water partition coefficient (Wildman–Crippen LogP) is 13.5. The van der Waals surface area contributed by atoms with E-state index in [9.17, 15) is 0 Å². The highest BCUT2D eigenvalue weighted by atomic mass is 15.1. The SMILES string of the molecule is CC(C)(c1ccccc1)c1ccc(N(c2ccc(-c3ccccc3)cc2)c2ccc3c(c2)C2(c4ccccc4-c4ccccc42)c2ccccc2-3)cc1. The summed E-state index contributed by atoms with van der Waals surface area (Å²) in [5.74, 6) is 0. The van der Waals surface area contributed by atoms with Crippen molar-refractivity contribution >= 4 is 17.1 Å². The van der Waals surface area contributed by atoms with Crippen molar-refractivity contribution in [1.82, 2.24) is 0 Å². The Bertz CT molecular complexity index is 2550. The van der Waals surface area contributed by atoms with Crippen molar-refractivity contribution in [2.75, 3.05) is 4.90 Å². The number of fused-ring (bicyclic) bond motifs is 10. The molecule has 1 nitrogen and oxygen atoms in total. The van der Waals surface area contributed by atoms with Crippen molar-refractivity contribution < 1.29 is 0 Å². The van der Waals surface area contributed by atoms with Gasteiger partial charge in [0.1, 0.15) is 0 Å². The molecule has 0 fully saturated rings. The van der Waals surface area contributed by atoms with E-state index in [1.165, 1.54) is 66.8 Å². The molecular formula is C52H39N. The maximum absolute atomic E-state index is 2.47. The highest BCUT2D eigenvalue weighted by Gasteiger charge is 2.51. The molecule has 0 aliphatic heterocycles. The van der Waals surface area contributed by atoms with E-state index in [0.29, 0.717) is 0 Å². The molecule has 53 heavy (non-hydrogen) atoms. The van der Waals surface area contributed by atoms with Gasteiger partial charge in [0, 0.05) is 22.5 Å². The molecule has 0 aromatic heterocycles. The average molecular weight is 678 g/mol. The third-order valence-electron chi connectivity index (χ3n) is 11.8. The molecule has 0 unspecified atom stereocenters. The van der Waals surface area contributed by atoms with Crippen molar-refractivity contribution in [1.29, 1.82) is 0 Å². The standard InChI is InChI=1S/C52H39N/c1-51(2,38-17-7-4-8-18-38)39-27-31-41(32-28-39)53(40-29-25-37(26-30-40)36-15-5-3-6-16-36)42-33-34-46-45-21-11-14-24-49(45)52(50(46)35-42)47-22-12-9-19-43(47)44-20-10-13-23-48(44)52/h3-35H,1-2H3. The Hall–Kier alpha value is -6.44. The van der Waals surface area contributed by atoms with E-state index in [4.69, 9.17) is 0 Å². The zero-order chi connectivity index (χ0) is 35.6. The second-order valence-corrected chi connectivity index (χ2v) is 14.9. The van der Waals surface area contributed by atoms with Gasteiger partial charge in [0.2, 0.25) is 0 Å². The van der Waals surface area contributed by atoms with E-state index in [2.05, 4.69) is 219 Å². The summed E-state index contributed by atoms with van der Waals surface area (Å²) in [5, 5.41) is 0. The summed E-state index contributed by atoms with van der Waals surface area (Å²) in [6, 6.07) is 73.9. The fourth-order valence-electron chi connectivity index (χ4n) is 9.15. The largest absolute Gasteiger partial charge is 0.310 e. The van der Waals surface area contributed by atoms with Gasteiger partial charge in [-0.3, -0.25) is 0 Å². The highest BCUT2D eigenvalue weighted by Crippen LogP contribution is 2.63. The summed E-state index contributed by atoms with van der Waals surface area (Å²) in [4.78, 5) is 2.43. The molecule has 252 valence electrons. The molecule has 2 aliphatic carbocycles. The van der Waals surface area contributed by atoms with Gasteiger partial charge in [0.25, 0.3) is 0 Å². The van der Waals surface area contributed by atoms with Crippen LogP contribution in [0.1, 0.15) is 47.2 Å². The summed E-state index contributed by atoms with van der Waals surface area (Å²) in [6.07, 6.45) is 0. The summed E-state index contributed by atoms with van der Waals surface area (Å²) in [6.45, 7) is 4.62. The zero-order valence-electron chi connectivity index (χ0n) is 30.0. The van der Waals surface area contributed by atoms with Gasteiger partial charge in [0.15, 0.2) is 0 Å². The molecule has 2 aliphatic rings. The molecule has 8 aromatic rings. The van der Waals surface area contributed by atoms with Crippen LogP contribution in [0.4, 0.5) is 17.1 Å². The Morgan fingerprint density at radius 2 is 0.736 bits per heavy atom. The highest BCUT2D eigenvalue weighted by molar-refractivity contribution is 5.96. The molecular weight excluding hydrogens is 639 g/mol. The molecule has 1 heteroatoms. The van der Waals surface area contributed by atoms with Gasteiger partial charge in [-0.05, 0) is 103 Å². The summed E-state index contributed by atoms with van der Waals surface area (Å²) < 4.78 is 0. The van der Waals surface area contributed by atoms with Gasteiger partial charge in [-0.2, -0.15) is 0 Å². The fraction of sp³-hybridized carbons (Fsp3) is 0.0769. The molecule has 0 saturated heterocycles. The van der Waals surface area contributed by atoms with Crippen molar-refractivity contribution in [2.45, 2.75) is 24.7 Å². The Kier molecular flexibility index (Phi) is 7.13. The topological polar surface area (TPSA) is 3.24 Å². The van der Waals surface area contributed by atoms with E-state index in [0.717, 1.165) is 17.1 Å². The Labute approximate surface area is 312 Å². The van der Waals surface area contributed by atoms with Crippen LogP contribution >= 0.6 is 0 Å². The summed E-state index contributed by atoms with van der Waals surface area (Å²) >= 11 is 0. The molecule has 0 saturated carbocycles. The third kappa shape index (κ3) is 4.70. The van der Waals surface area contributed by atoms with Gasteiger partial charge in [-0.1, -0.05) is 178 Å². The van der Waals surface area contributed by atoms with Gasteiger partial charge in [-0.25, -0.2) is 0 Å². The lowest BCUT2D eigenvalue weighted by atomic mass is 9.70. The molecule has 10 rings (SSSR count). The van der Waals surface area contributed by atoms with E-state index in [1.807, 2.05) is 0 Å². The molecule has 8 aromatic carbocycles. The second kappa shape index (κ2) is 12.1. The molecule has 0 radical (unpaired) electrons. The lowest BCUT2D eigenvalue weighted by molar-refractivity contribution is 0.641. The van der Waals surface area contributed by atoms with Gasteiger partial charge < -0.3 is 4.90 Å². The van der Waals surface area contributed by atoms with E-state index in [-0.39, 0.29) is 5.41 Å². The number of benzene rings is 8. The first-order valence-electron chi connectivity index (χ1n) is 18.6. The number of rotatable bonds is 6. The number of hydrogen-bond donors (Lipinski definition) is 0. The number of nitrogens with zero attached hydrogens (tertiary/aromatic N) is 1. The van der Waals surface area contributed by atoms with Crippen LogP contribution in [0.25, 0.3) is 33.4 Å². The molecule has 0 atom stereocenters. The second-order valence-electron chi connectivity index (χ2n) is 14.9. The monoisotopic (exact) mass is 677 g/mol. The fourth-order valence-corrected chi connectivity index (χ4v) is 9.15. The zero-order valence-corrected chi connectivity index (χ0v) is 30.0. The van der Waals surface area contributed by atoms with E-state index >= 15 is 0 Å². The maximum Gasteiger partial charge on any atom is 0.0726 e. The van der Waals surface area contributed by atoms with Crippen LogP contribution in [0.3, 0.4) is 0 Å². The van der Waals surface area contributed by atoms with Crippen molar-refractivity contribution in [2.24, 2.45) is 0 Å². The molecule has 0 heterocycles. The smallest absolute Gasteiger partial charge is 0.0726 e. The quantitative estimate of drug-likeness (QED) is 0.169. The minimum Gasteiger partial charge on any atom is -0.310 e. The van der Waals surface area contributed by atoms with Crippen molar-refractivity contribution in [3.8, 4) is 33.4 Å². The van der Waals surface area contributed by atoms with E-state index < -0.39 is 5.41 Å². The van der Waals surface area contributed by atoms with Gasteiger partial charge >= 0.3 is 0 Å². The maximum atomic E-state index is 2.47. The first-order chi connectivity index (χ1) is 26.0. The van der Waals surface area contributed by atoms with Crippen LogP contribution in [0.5, 0.6) is 0 Å². The van der Waals surface area contributed by atoms with Crippen molar-refractivity contribution in [3.63, 3.8) is 0 Å². The average Bonchev–Trinajstić information content (AvgIpc) is 3.69. The van der Waals surface area contributed by atoms with Crippen molar-refractivity contribution in [3.05, 3.63) is 234 Å². The first kappa shape index (κ1) is 31.3. The summed E-state index contributed by atoms with van der Waals surface area (Å²) in [7, 11) is 0. The molecule has 0 amide bonds. The minimum absolute atomic E-state index is 0.128. The van der Waals surface area contributed by atoms with Gasteiger partial charge in [0.05, 0.1) is 5.41 Å². The van der Waals surface area contributed by atoms with Crippen LogP contribution in [0.15, 0.2) is 200 Å². The van der Waals surface area contributed by atoms with Crippen LogP contribution in [-0.4, -0.2) is 0 Å². The van der Waals surface area contributed by atoms with Crippen LogP contribution < -0.4 is 4.90 Å². The predicted molar refractivity (Wildman–Crippen MR) is 221 cm³/mol. The molecule has 0 N–H and O–H groups in total. The van der Waals surface area contributed by atoms with Gasteiger partial charge in [-0.15, -0.1) is 0 Å². The normalized spacial score (nSPS) is 13.2. The Balaban J connectivity index is 1.17. The summed E-state index contributed by atoms with van der Waals surface area (Å²) in [5.41, 5.74) is 18.5. The first-order valence-corrected chi connectivity index (χ1v) is 18.6. The van der Waals surface area contributed by atoms with Crippen LogP contribution in [-0.2, 0) is 10.8 Å².